The van der Waals surface area contributed by atoms with E-state index in [1.165, 1.54) is 0 Å². The van der Waals surface area contributed by atoms with E-state index in [2.05, 4.69) is 11.1 Å². The van der Waals surface area contributed by atoms with Crippen LogP contribution in [0.15, 0.2) is 46.2 Å². The molecule has 3 aromatic rings. The predicted molar refractivity (Wildman–Crippen MR) is 116 cm³/mol. The van der Waals surface area contributed by atoms with E-state index >= 15 is 0 Å². The van der Waals surface area contributed by atoms with E-state index in [1.54, 1.807) is 47.6 Å². The Morgan fingerprint density at radius 1 is 1.23 bits per heavy atom. The molecule has 0 N–H and O–H groups in total. The number of rotatable bonds is 5. The standard InChI is InChI=1S/C22H20N4O3S/c1-28-17-5-2-4-16(14-17)21(27)25-9-11-26(12-10-25)22-19(15-23)24-20(29-22)8-7-18-6-3-13-30-18/h2-8,13-14H,9-12H2,1H3/b8-7+. The smallest absolute Gasteiger partial charge is 0.254 e. The van der Waals surface area contributed by atoms with Crippen molar-refractivity contribution < 1.29 is 13.9 Å². The van der Waals surface area contributed by atoms with Crippen LogP contribution in [0.5, 0.6) is 5.75 Å². The van der Waals surface area contributed by atoms with Crippen molar-refractivity contribution in [2.75, 3.05) is 38.2 Å². The lowest BCUT2D eigenvalue weighted by Crippen LogP contribution is -2.48. The van der Waals surface area contributed by atoms with Gasteiger partial charge in [0.05, 0.1) is 7.11 Å². The molecule has 152 valence electrons. The zero-order valence-electron chi connectivity index (χ0n) is 16.4. The zero-order chi connectivity index (χ0) is 20.9. The molecule has 3 heterocycles. The third kappa shape index (κ3) is 4.21. The van der Waals surface area contributed by atoms with Gasteiger partial charge in [-0.05, 0) is 35.7 Å². The van der Waals surface area contributed by atoms with E-state index in [-0.39, 0.29) is 11.6 Å². The van der Waals surface area contributed by atoms with Gasteiger partial charge in [-0.1, -0.05) is 12.1 Å². The molecule has 30 heavy (non-hydrogen) atoms. The number of hydrogen-bond donors (Lipinski definition) is 0. The fraction of sp³-hybridized carbons (Fsp3) is 0.227. The molecule has 2 aromatic heterocycles. The summed E-state index contributed by atoms with van der Waals surface area (Å²) in [5.74, 6) is 1.47. The number of ether oxygens (including phenoxy) is 1. The summed E-state index contributed by atoms with van der Waals surface area (Å²) in [5, 5.41) is 11.4. The number of benzene rings is 1. The number of thiophene rings is 1. The molecule has 7 nitrogen and oxygen atoms in total. The van der Waals surface area contributed by atoms with Gasteiger partial charge in [-0.25, -0.2) is 0 Å². The fourth-order valence-corrected chi connectivity index (χ4v) is 3.90. The Kier molecular flexibility index (Phi) is 5.82. The molecule has 1 aliphatic rings. The first-order chi connectivity index (χ1) is 14.7. The van der Waals surface area contributed by atoms with Crippen molar-refractivity contribution in [3.63, 3.8) is 0 Å². The number of hydrogen-bond acceptors (Lipinski definition) is 7. The number of aromatic nitrogens is 1. The van der Waals surface area contributed by atoms with Gasteiger partial charge in [0.1, 0.15) is 11.8 Å². The average molecular weight is 420 g/mol. The Labute approximate surface area is 178 Å². The Morgan fingerprint density at radius 2 is 2.07 bits per heavy atom. The second-order valence-electron chi connectivity index (χ2n) is 6.68. The molecule has 0 bridgehead atoms. The first-order valence-corrected chi connectivity index (χ1v) is 10.4. The number of methoxy groups -OCH3 is 1. The van der Waals surface area contributed by atoms with Crippen LogP contribution in [0, 0.1) is 11.3 Å². The van der Waals surface area contributed by atoms with E-state index in [9.17, 15) is 10.1 Å². The van der Waals surface area contributed by atoms with Crippen molar-refractivity contribution >= 4 is 35.3 Å². The molecule has 0 spiro atoms. The molecule has 0 saturated carbocycles. The van der Waals surface area contributed by atoms with Crippen molar-refractivity contribution in [3.05, 3.63) is 63.8 Å². The van der Waals surface area contributed by atoms with Crippen LogP contribution in [-0.4, -0.2) is 49.1 Å². The van der Waals surface area contributed by atoms with Crippen molar-refractivity contribution in [1.29, 1.82) is 5.26 Å². The van der Waals surface area contributed by atoms with E-state index in [0.29, 0.717) is 49.3 Å². The lowest BCUT2D eigenvalue weighted by atomic mass is 10.1. The van der Waals surface area contributed by atoms with Gasteiger partial charge < -0.3 is 19.0 Å². The summed E-state index contributed by atoms with van der Waals surface area (Å²) in [4.78, 5) is 21.9. The average Bonchev–Trinajstić information content (AvgIpc) is 3.47. The SMILES string of the molecule is COc1cccc(C(=O)N2CCN(c3oc(/C=C/c4cccs4)nc3C#N)CC2)c1. The minimum Gasteiger partial charge on any atom is -0.497 e. The summed E-state index contributed by atoms with van der Waals surface area (Å²) < 4.78 is 11.0. The highest BCUT2D eigenvalue weighted by molar-refractivity contribution is 7.10. The maximum atomic E-state index is 12.8. The summed E-state index contributed by atoms with van der Waals surface area (Å²) in [5.41, 5.74) is 0.856. The molecular weight excluding hydrogens is 400 g/mol. The Hall–Kier alpha value is -3.57. The van der Waals surface area contributed by atoms with Gasteiger partial charge in [-0.3, -0.25) is 4.79 Å². The predicted octanol–water partition coefficient (Wildman–Crippen LogP) is 3.75. The van der Waals surface area contributed by atoms with Gasteiger partial charge >= 0.3 is 0 Å². The number of amides is 1. The molecule has 0 aliphatic carbocycles. The molecule has 0 unspecified atom stereocenters. The monoisotopic (exact) mass is 420 g/mol. The Balaban J connectivity index is 1.43. The van der Waals surface area contributed by atoms with Crippen LogP contribution in [-0.2, 0) is 0 Å². The second-order valence-corrected chi connectivity index (χ2v) is 7.66. The van der Waals surface area contributed by atoms with Gasteiger partial charge in [0.2, 0.25) is 17.5 Å². The number of carbonyl (C=O) groups excluding carboxylic acids is 1. The maximum absolute atomic E-state index is 12.8. The third-order valence-corrected chi connectivity index (χ3v) is 5.67. The summed E-state index contributed by atoms with van der Waals surface area (Å²) in [7, 11) is 1.58. The lowest BCUT2D eigenvalue weighted by molar-refractivity contribution is 0.0745. The quantitative estimate of drug-likeness (QED) is 0.625. The number of nitriles is 1. The molecule has 1 aliphatic heterocycles. The Morgan fingerprint density at radius 3 is 2.77 bits per heavy atom. The van der Waals surface area contributed by atoms with Crippen molar-refractivity contribution in [2.24, 2.45) is 0 Å². The van der Waals surface area contributed by atoms with Crippen LogP contribution in [0.3, 0.4) is 0 Å². The van der Waals surface area contributed by atoms with E-state index in [4.69, 9.17) is 9.15 Å². The number of oxazole rings is 1. The highest BCUT2D eigenvalue weighted by Gasteiger charge is 2.26. The minimum atomic E-state index is -0.0359. The molecule has 0 radical (unpaired) electrons. The third-order valence-electron chi connectivity index (χ3n) is 4.84. The molecule has 1 aromatic carbocycles. The largest absolute Gasteiger partial charge is 0.497 e. The summed E-state index contributed by atoms with van der Waals surface area (Å²) >= 11 is 1.61. The number of nitrogens with zero attached hydrogens (tertiary/aromatic N) is 4. The first-order valence-electron chi connectivity index (χ1n) is 9.48. The number of anilines is 1. The van der Waals surface area contributed by atoms with Crippen LogP contribution in [0.2, 0.25) is 0 Å². The van der Waals surface area contributed by atoms with Gasteiger partial charge in [-0.15, -0.1) is 11.3 Å². The van der Waals surface area contributed by atoms with Crippen LogP contribution < -0.4 is 9.64 Å². The highest BCUT2D eigenvalue weighted by Crippen LogP contribution is 2.25. The van der Waals surface area contributed by atoms with Gasteiger partial charge in [0.25, 0.3) is 5.91 Å². The van der Waals surface area contributed by atoms with Crippen molar-refractivity contribution in [1.82, 2.24) is 9.88 Å². The van der Waals surface area contributed by atoms with Crippen LogP contribution in [0.25, 0.3) is 12.2 Å². The van der Waals surface area contributed by atoms with E-state index in [0.717, 1.165) is 4.88 Å². The van der Waals surface area contributed by atoms with Gasteiger partial charge in [0, 0.05) is 42.7 Å². The first kappa shape index (κ1) is 19.7. The summed E-state index contributed by atoms with van der Waals surface area (Å²) in [6, 6.07) is 13.2. The molecular formula is C22H20N4O3S. The topological polar surface area (TPSA) is 82.6 Å². The molecule has 8 heteroatoms. The van der Waals surface area contributed by atoms with Gasteiger partial charge in [-0.2, -0.15) is 10.2 Å². The minimum absolute atomic E-state index is 0.0359. The normalized spacial score (nSPS) is 14.1. The molecule has 0 atom stereocenters. The molecule has 4 rings (SSSR count). The summed E-state index contributed by atoms with van der Waals surface area (Å²) in [6.45, 7) is 2.19. The van der Waals surface area contributed by atoms with E-state index in [1.807, 2.05) is 34.6 Å². The van der Waals surface area contributed by atoms with E-state index < -0.39 is 0 Å². The maximum Gasteiger partial charge on any atom is 0.254 e. The number of carbonyl (C=O) groups is 1. The summed E-state index contributed by atoms with van der Waals surface area (Å²) in [6.07, 6.45) is 3.67. The number of piperazine rings is 1. The highest BCUT2D eigenvalue weighted by atomic mass is 32.1. The van der Waals surface area contributed by atoms with Gasteiger partial charge in [0.15, 0.2) is 0 Å². The molecule has 1 saturated heterocycles. The second kappa shape index (κ2) is 8.84. The lowest BCUT2D eigenvalue weighted by Gasteiger charge is -2.34. The van der Waals surface area contributed by atoms with Crippen LogP contribution in [0.4, 0.5) is 5.88 Å². The van der Waals surface area contributed by atoms with Crippen LogP contribution >= 0.6 is 11.3 Å². The molecule has 1 fully saturated rings. The van der Waals surface area contributed by atoms with Crippen LogP contribution in [0.1, 0.15) is 26.8 Å². The fourth-order valence-electron chi connectivity index (χ4n) is 3.28. The molecule has 1 amide bonds. The Bertz CT molecular complexity index is 1090. The van der Waals surface area contributed by atoms with Crippen molar-refractivity contribution in [2.45, 2.75) is 0 Å². The van der Waals surface area contributed by atoms with Crippen molar-refractivity contribution in [3.8, 4) is 11.8 Å². The zero-order valence-corrected chi connectivity index (χ0v) is 17.3.